The molecule has 2 aromatic heterocycles. The molecule has 0 radical (unpaired) electrons. The van der Waals surface area contributed by atoms with E-state index in [2.05, 4.69) is 38.1 Å². The number of carbonyl (C=O) groups excluding carboxylic acids is 1. The van der Waals surface area contributed by atoms with Crippen molar-refractivity contribution in [3.8, 4) is 0 Å². The molecule has 28 heavy (non-hydrogen) atoms. The zero-order chi connectivity index (χ0) is 19.7. The van der Waals surface area contributed by atoms with Gasteiger partial charge in [0.2, 0.25) is 5.95 Å². The van der Waals surface area contributed by atoms with Gasteiger partial charge in [-0.3, -0.25) is 4.79 Å². The Morgan fingerprint density at radius 1 is 1.25 bits per heavy atom. The van der Waals surface area contributed by atoms with Gasteiger partial charge in [0.1, 0.15) is 0 Å². The Labute approximate surface area is 166 Å². The number of carbonyl (C=O) groups is 1. The fourth-order valence-corrected chi connectivity index (χ4v) is 4.44. The number of amides is 1. The third kappa shape index (κ3) is 3.76. The fourth-order valence-electron chi connectivity index (χ4n) is 3.52. The summed E-state index contributed by atoms with van der Waals surface area (Å²) in [4.78, 5) is 16.2. The van der Waals surface area contributed by atoms with E-state index in [-0.39, 0.29) is 23.6 Å². The van der Waals surface area contributed by atoms with Crippen LogP contribution >= 0.6 is 11.3 Å². The van der Waals surface area contributed by atoms with E-state index in [9.17, 15) is 4.79 Å². The van der Waals surface area contributed by atoms with Crippen molar-refractivity contribution < 1.29 is 4.79 Å². The largest absolute Gasteiger partial charge is 0.364 e. The van der Waals surface area contributed by atoms with Crippen molar-refractivity contribution in [2.24, 2.45) is 11.5 Å². The molecule has 1 amide bonds. The summed E-state index contributed by atoms with van der Waals surface area (Å²) in [6.07, 6.45) is 4.17. The summed E-state index contributed by atoms with van der Waals surface area (Å²) in [7, 11) is 0. The van der Waals surface area contributed by atoms with Crippen molar-refractivity contribution in [1.29, 1.82) is 0 Å². The highest BCUT2D eigenvalue weighted by Gasteiger charge is 2.23. The molecule has 3 aromatic rings. The van der Waals surface area contributed by atoms with Crippen molar-refractivity contribution >= 4 is 44.8 Å². The maximum absolute atomic E-state index is 11.8. The maximum atomic E-state index is 11.8. The highest BCUT2D eigenvalue weighted by atomic mass is 32.1. The molecule has 8 nitrogen and oxygen atoms in total. The van der Waals surface area contributed by atoms with Crippen LogP contribution in [-0.2, 0) is 0 Å². The summed E-state index contributed by atoms with van der Waals surface area (Å²) in [6, 6.07) is 6.14. The predicted octanol–water partition coefficient (Wildman–Crippen LogP) is 2.92. The van der Waals surface area contributed by atoms with E-state index in [1.165, 1.54) is 10.3 Å². The number of nitrogens with two attached hydrogens (primary N) is 2. The van der Waals surface area contributed by atoms with Crippen LogP contribution in [0.5, 0.6) is 0 Å². The Morgan fingerprint density at radius 3 is 2.86 bits per heavy atom. The second-order valence-corrected chi connectivity index (χ2v) is 8.06. The van der Waals surface area contributed by atoms with Crippen LogP contribution in [0.15, 0.2) is 23.6 Å². The van der Waals surface area contributed by atoms with E-state index in [4.69, 9.17) is 11.5 Å². The Bertz CT molecular complexity index is 1020. The highest BCUT2D eigenvalue weighted by Crippen LogP contribution is 2.29. The van der Waals surface area contributed by atoms with Gasteiger partial charge in [0.25, 0.3) is 5.91 Å². The van der Waals surface area contributed by atoms with Crippen molar-refractivity contribution in [2.45, 2.75) is 44.7 Å². The molecule has 0 aliphatic heterocycles. The first-order chi connectivity index (χ1) is 13.5. The number of benzene rings is 1. The van der Waals surface area contributed by atoms with Crippen molar-refractivity contribution in [1.82, 2.24) is 15.2 Å². The lowest BCUT2D eigenvalue weighted by Gasteiger charge is -2.29. The standard InChI is InChI=1S/C19H23N7OS/c1-10-9-28-15-7-6-11(8-12(10)15)22-18-16(17(21)27)25-26-19(24-18)23-14-5-3-2-4-13(14)20/h6-9,13-14H,2-5,20H2,1H3,(H2,21,27)(H2,22,23,24,26)/t13-,14+/m0/s1. The number of nitrogens with one attached hydrogen (secondary N) is 2. The molecule has 2 heterocycles. The van der Waals surface area contributed by atoms with Gasteiger partial charge in [-0.15, -0.1) is 21.5 Å². The Hall–Kier alpha value is -2.78. The van der Waals surface area contributed by atoms with Gasteiger partial charge in [0, 0.05) is 22.5 Å². The number of primary amides is 1. The van der Waals surface area contributed by atoms with E-state index in [0.29, 0.717) is 5.95 Å². The number of anilines is 3. The summed E-state index contributed by atoms with van der Waals surface area (Å²) in [6.45, 7) is 2.07. The van der Waals surface area contributed by atoms with Crippen LogP contribution in [0.1, 0.15) is 41.7 Å². The minimum absolute atomic E-state index is 0.000583. The van der Waals surface area contributed by atoms with Crippen LogP contribution in [0, 0.1) is 6.92 Å². The second-order valence-electron chi connectivity index (χ2n) is 7.15. The molecule has 2 atom stereocenters. The topological polar surface area (TPSA) is 132 Å². The fraction of sp³-hybridized carbons (Fsp3) is 0.368. The van der Waals surface area contributed by atoms with E-state index in [1.54, 1.807) is 11.3 Å². The normalized spacial score (nSPS) is 19.5. The van der Waals surface area contributed by atoms with E-state index in [1.807, 2.05) is 18.2 Å². The van der Waals surface area contributed by atoms with Gasteiger partial charge in [-0.1, -0.05) is 12.8 Å². The van der Waals surface area contributed by atoms with Crippen LogP contribution in [-0.4, -0.2) is 33.2 Å². The average molecular weight is 398 g/mol. The first-order valence-electron chi connectivity index (χ1n) is 9.33. The highest BCUT2D eigenvalue weighted by molar-refractivity contribution is 7.17. The smallest absolute Gasteiger partial charge is 0.273 e. The second kappa shape index (κ2) is 7.69. The molecule has 1 aliphatic carbocycles. The molecule has 1 saturated carbocycles. The zero-order valence-electron chi connectivity index (χ0n) is 15.6. The Kier molecular flexibility index (Phi) is 5.10. The zero-order valence-corrected chi connectivity index (χ0v) is 16.4. The summed E-state index contributed by atoms with van der Waals surface area (Å²) in [5.41, 5.74) is 13.7. The molecule has 6 N–H and O–H groups in total. The minimum atomic E-state index is -0.684. The first kappa shape index (κ1) is 18.6. The number of nitrogens with zero attached hydrogens (tertiary/aromatic N) is 3. The third-order valence-corrected chi connectivity index (χ3v) is 6.17. The van der Waals surface area contributed by atoms with Crippen LogP contribution < -0.4 is 22.1 Å². The lowest BCUT2D eigenvalue weighted by atomic mass is 9.91. The number of hydrogen-bond acceptors (Lipinski definition) is 8. The van der Waals surface area contributed by atoms with Crippen LogP contribution in [0.25, 0.3) is 10.1 Å². The molecule has 146 valence electrons. The molecule has 0 unspecified atom stereocenters. The molecular weight excluding hydrogens is 374 g/mol. The van der Waals surface area contributed by atoms with Crippen molar-refractivity contribution in [3.63, 3.8) is 0 Å². The van der Waals surface area contributed by atoms with Crippen molar-refractivity contribution in [3.05, 3.63) is 34.8 Å². The average Bonchev–Trinajstić information content (AvgIpc) is 3.04. The lowest BCUT2D eigenvalue weighted by molar-refractivity contribution is 0.0995. The molecule has 4 rings (SSSR count). The number of aryl methyl sites for hydroxylation is 1. The van der Waals surface area contributed by atoms with Crippen LogP contribution in [0.2, 0.25) is 0 Å². The molecule has 1 aromatic carbocycles. The number of rotatable bonds is 5. The molecule has 1 fully saturated rings. The SMILES string of the molecule is Cc1csc2ccc(Nc3nc(N[C@@H]4CCCC[C@@H]4N)nnc3C(N)=O)cc12. The number of thiophene rings is 1. The summed E-state index contributed by atoms with van der Waals surface area (Å²) in [5, 5.41) is 17.7. The maximum Gasteiger partial charge on any atom is 0.273 e. The van der Waals surface area contributed by atoms with Crippen molar-refractivity contribution in [2.75, 3.05) is 10.6 Å². The quantitative estimate of drug-likeness (QED) is 0.520. The first-order valence-corrected chi connectivity index (χ1v) is 10.2. The molecule has 0 spiro atoms. The van der Waals surface area contributed by atoms with Gasteiger partial charge in [-0.05, 0) is 54.3 Å². The van der Waals surface area contributed by atoms with Crippen LogP contribution in [0.3, 0.4) is 0 Å². The Balaban J connectivity index is 1.63. The van der Waals surface area contributed by atoms with Gasteiger partial charge in [-0.25, -0.2) is 0 Å². The number of fused-ring (bicyclic) bond motifs is 1. The predicted molar refractivity (Wildman–Crippen MR) is 112 cm³/mol. The molecule has 1 aliphatic rings. The van der Waals surface area contributed by atoms with E-state index >= 15 is 0 Å². The summed E-state index contributed by atoms with van der Waals surface area (Å²) >= 11 is 1.70. The van der Waals surface area contributed by atoms with Gasteiger partial charge in [-0.2, -0.15) is 4.98 Å². The summed E-state index contributed by atoms with van der Waals surface area (Å²) < 4.78 is 1.20. The van der Waals surface area contributed by atoms with Gasteiger partial charge in [0.05, 0.1) is 0 Å². The van der Waals surface area contributed by atoms with E-state index < -0.39 is 5.91 Å². The molecular formula is C19H23N7OS. The van der Waals surface area contributed by atoms with Crippen LogP contribution in [0.4, 0.5) is 17.5 Å². The van der Waals surface area contributed by atoms with Gasteiger partial charge < -0.3 is 22.1 Å². The van der Waals surface area contributed by atoms with Gasteiger partial charge >= 0.3 is 0 Å². The van der Waals surface area contributed by atoms with Gasteiger partial charge in [0.15, 0.2) is 11.5 Å². The Morgan fingerprint density at radius 2 is 2.07 bits per heavy atom. The molecule has 0 bridgehead atoms. The van der Waals surface area contributed by atoms with E-state index in [0.717, 1.165) is 36.8 Å². The minimum Gasteiger partial charge on any atom is -0.364 e. The summed E-state index contributed by atoms with van der Waals surface area (Å²) in [5.74, 6) is -0.0690. The third-order valence-electron chi connectivity index (χ3n) is 5.08. The number of aromatic nitrogens is 3. The number of hydrogen-bond donors (Lipinski definition) is 4. The lowest BCUT2D eigenvalue weighted by Crippen LogP contribution is -2.43. The molecule has 0 saturated heterocycles. The monoisotopic (exact) mass is 397 g/mol. The molecule has 9 heteroatoms.